The molecule has 1 aromatic heterocycles. The number of aliphatic carboxylic acids is 1. The van der Waals surface area contributed by atoms with Gasteiger partial charge in [-0.05, 0) is 18.6 Å². The molecule has 100 valence electrons. The Morgan fingerprint density at radius 2 is 2.11 bits per heavy atom. The minimum atomic E-state index is -0.847. The van der Waals surface area contributed by atoms with Gasteiger partial charge in [0.05, 0.1) is 5.92 Å². The molecule has 0 fully saturated rings. The molecule has 1 unspecified atom stereocenters. The van der Waals surface area contributed by atoms with Crippen LogP contribution in [0, 0.1) is 5.92 Å². The van der Waals surface area contributed by atoms with E-state index in [0.29, 0.717) is 18.7 Å². The van der Waals surface area contributed by atoms with E-state index in [-0.39, 0.29) is 5.91 Å². The quantitative estimate of drug-likeness (QED) is 0.769. The van der Waals surface area contributed by atoms with Crippen LogP contribution in [0.5, 0.6) is 0 Å². The number of rotatable bonds is 5. The molecule has 0 bridgehead atoms. The summed E-state index contributed by atoms with van der Waals surface area (Å²) in [6.45, 7) is 1.97. The van der Waals surface area contributed by atoms with Crippen molar-refractivity contribution in [3.05, 3.63) is 36.0 Å². The second-order valence-electron chi connectivity index (χ2n) is 4.55. The average Bonchev–Trinajstić information content (AvgIpc) is 2.82. The lowest BCUT2D eigenvalue weighted by molar-refractivity contribution is -0.141. The number of amides is 1. The number of hydrogen-bond acceptors (Lipinski definition) is 2. The van der Waals surface area contributed by atoms with Gasteiger partial charge in [-0.1, -0.05) is 25.1 Å². The van der Waals surface area contributed by atoms with Crippen LogP contribution in [0.2, 0.25) is 0 Å². The standard InChI is InChI=1S/C14H16N2O3/c1-9(14(18)19)6-7-15-13(17)12-8-10-4-2-3-5-11(10)16-12/h2-5,8-9,16H,6-7H2,1H3,(H,15,17)(H,18,19). The first kappa shape index (κ1) is 13.1. The number of aromatic amines is 1. The van der Waals surface area contributed by atoms with E-state index in [9.17, 15) is 9.59 Å². The molecule has 0 aliphatic rings. The van der Waals surface area contributed by atoms with E-state index in [0.717, 1.165) is 10.9 Å². The molecule has 0 aliphatic heterocycles. The Morgan fingerprint density at radius 1 is 1.37 bits per heavy atom. The van der Waals surface area contributed by atoms with Gasteiger partial charge in [0.15, 0.2) is 0 Å². The Hall–Kier alpha value is -2.30. The number of H-pyrrole nitrogens is 1. The number of hydrogen-bond donors (Lipinski definition) is 3. The number of carboxylic acid groups (broad SMARTS) is 1. The monoisotopic (exact) mass is 260 g/mol. The first-order chi connectivity index (χ1) is 9.08. The van der Waals surface area contributed by atoms with Crippen molar-refractivity contribution in [3.63, 3.8) is 0 Å². The maximum Gasteiger partial charge on any atom is 0.306 e. The highest BCUT2D eigenvalue weighted by atomic mass is 16.4. The van der Waals surface area contributed by atoms with Crippen molar-refractivity contribution in [1.29, 1.82) is 0 Å². The summed E-state index contributed by atoms with van der Waals surface area (Å²) in [5, 5.41) is 12.4. The number of nitrogens with one attached hydrogen (secondary N) is 2. The minimum absolute atomic E-state index is 0.214. The maximum atomic E-state index is 11.9. The molecule has 5 nitrogen and oxygen atoms in total. The highest BCUT2D eigenvalue weighted by Gasteiger charge is 2.12. The molecule has 0 saturated carbocycles. The zero-order valence-corrected chi connectivity index (χ0v) is 10.6. The molecule has 2 aromatic rings. The lowest BCUT2D eigenvalue weighted by Gasteiger charge is -2.06. The first-order valence-corrected chi connectivity index (χ1v) is 6.16. The van der Waals surface area contributed by atoms with E-state index in [2.05, 4.69) is 10.3 Å². The molecular formula is C14H16N2O3. The molecular weight excluding hydrogens is 244 g/mol. The Labute approximate surface area is 110 Å². The molecule has 19 heavy (non-hydrogen) atoms. The number of para-hydroxylation sites is 1. The van der Waals surface area contributed by atoms with Gasteiger partial charge in [-0.2, -0.15) is 0 Å². The Bertz CT molecular complexity index is 571. The highest BCUT2D eigenvalue weighted by Crippen LogP contribution is 2.14. The Morgan fingerprint density at radius 3 is 2.79 bits per heavy atom. The van der Waals surface area contributed by atoms with Gasteiger partial charge in [-0.25, -0.2) is 0 Å². The molecule has 2 rings (SSSR count). The van der Waals surface area contributed by atoms with Crippen molar-refractivity contribution in [3.8, 4) is 0 Å². The van der Waals surface area contributed by atoms with Gasteiger partial charge in [0.2, 0.25) is 0 Å². The summed E-state index contributed by atoms with van der Waals surface area (Å²) < 4.78 is 0. The van der Waals surface area contributed by atoms with Crippen molar-refractivity contribution in [2.45, 2.75) is 13.3 Å². The summed E-state index contributed by atoms with van der Waals surface area (Å²) in [6.07, 6.45) is 0.418. The van der Waals surface area contributed by atoms with Crippen LogP contribution < -0.4 is 5.32 Å². The van der Waals surface area contributed by atoms with Gasteiger partial charge in [-0.3, -0.25) is 9.59 Å². The fraction of sp³-hybridized carbons (Fsp3) is 0.286. The van der Waals surface area contributed by atoms with E-state index in [1.54, 1.807) is 13.0 Å². The van der Waals surface area contributed by atoms with Crippen LogP contribution in [0.25, 0.3) is 10.9 Å². The third kappa shape index (κ3) is 3.13. The van der Waals surface area contributed by atoms with Gasteiger partial charge < -0.3 is 15.4 Å². The van der Waals surface area contributed by atoms with Crippen LogP contribution >= 0.6 is 0 Å². The zero-order valence-electron chi connectivity index (χ0n) is 10.6. The normalized spacial score (nSPS) is 12.3. The van der Waals surface area contributed by atoms with Crippen LogP contribution in [0.3, 0.4) is 0 Å². The highest BCUT2D eigenvalue weighted by molar-refractivity contribution is 5.97. The molecule has 0 spiro atoms. The smallest absolute Gasteiger partial charge is 0.306 e. The number of carbonyl (C=O) groups excluding carboxylic acids is 1. The van der Waals surface area contributed by atoms with Gasteiger partial charge >= 0.3 is 5.97 Å². The van der Waals surface area contributed by atoms with E-state index in [4.69, 9.17) is 5.11 Å². The largest absolute Gasteiger partial charge is 0.481 e. The summed E-state index contributed by atoms with van der Waals surface area (Å²) in [5.41, 5.74) is 1.40. The van der Waals surface area contributed by atoms with Crippen LogP contribution in [0.4, 0.5) is 0 Å². The fourth-order valence-corrected chi connectivity index (χ4v) is 1.82. The average molecular weight is 260 g/mol. The molecule has 1 heterocycles. The third-order valence-corrected chi connectivity index (χ3v) is 3.06. The topological polar surface area (TPSA) is 82.2 Å². The summed E-state index contributed by atoms with van der Waals surface area (Å²) in [5.74, 6) is -1.52. The molecule has 0 aliphatic carbocycles. The van der Waals surface area contributed by atoms with Gasteiger partial charge in [0.1, 0.15) is 5.69 Å². The second kappa shape index (κ2) is 5.56. The van der Waals surface area contributed by atoms with Crippen molar-refractivity contribution in [2.24, 2.45) is 5.92 Å². The lowest BCUT2D eigenvalue weighted by Crippen LogP contribution is -2.27. The van der Waals surface area contributed by atoms with Gasteiger partial charge in [0.25, 0.3) is 5.91 Å². The fourth-order valence-electron chi connectivity index (χ4n) is 1.82. The van der Waals surface area contributed by atoms with Crippen LogP contribution in [-0.2, 0) is 4.79 Å². The summed E-state index contributed by atoms with van der Waals surface area (Å²) in [7, 11) is 0. The lowest BCUT2D eigenvalue weighted by atomic mass is 10.1. The molecule has 1 atom stereocenters. The molecule has 0 saturated heterocycles. The molecule has 1 aromatic carbocycles. The zero-order chi connectivity index (χ0) is 13.8. The first-order valence-electron chi connectivity index (χ1n) is 6.16. The van der Waals surface area contributed by atoms with E-state index >= 15 is 0 Å². The minimum Gasteiger partial charge on any atom is -0.481 e. The van der Waals surface area contributed by atoms with Crippen molar-refractivity contribution in [1.82, 2.24) is 10.3 Å². The van der Waals surface area contributed by atoms with Gasteiger partial charge in [-0.15, -0.1) is 0 Å². The van der Waals surface area contributed by atoms with Crippen molar-refractivity contribution >= 4 is 22.8 Å². The second-order valence-corrected chi connectivity index (χ2v) is 4.55. The number of benzene rings is 1. The predicted octanol–water partition coefficient (Wildman–Crippen LogP) is 2.01. The SMILES string of the molecule is CC(CCNC(=O)c1cc2ccccc2[nH]1)C(=O)O. The predicted molar refractivity (Wildman–Crippen MR) is 72.0 cm³/mol. The van der Waals surface area contributed by atoms with Gasteiger partial charge in [0, 0.05) is 17.4 Å². The third-order valence-electron chi connectivity index (χ3n) is 3.06. The number of carboxylic acids is 1. The Kier molecular flexibility index (Phi) is 3.85. The van der Waals surface area contributed by atoms with Crippen LogP contribution in [-0.4, -0.2) is 28.5 Å². The number of aromatic nitrogens is 1. The maximum absolute atomic E-state index is 11.9. The molecule has 3 N–H and O–H groups in total. The van der Waals surface area contributed by atoms with Crippen molar-refractivity contribution < 1.29 is 14.7 Å². The number of fused-ring (bicyclic) bond motifs is 1. The van der Waals surface area contributed by atoms with E-state index in [1.807, 2.05) is 24.3 Å². The van der Waals surface area contributed by atoms with Crippen molar-refractivity contribution in [2.75, 3.05) is 6.54 Å². The number of carbonyl (C=O) groups is 2. The summed E-state index contributed by atoms with van der Waals surface area (Å²) in [4.78, 5) is 25.5. The molecule has 5 heteroatoms. The van der Waals surface area contributed by atoms with E-state index in [1.165, 1.54) is 0 Å². The Balaban J connectivity index is 1.94. The van der Waals surface area contributed by atoms with Crippen LogP contribution in [0.15, 0.2) is 30.3 Å². The van der Waals surface area contributed by atoms with Crippen LogP contribution in [0.1, 0.15) is 23.8 Å². The van der Waals surface area contributed by atoms with E-state index < -0.39 is 11.9 Å². The molecule has 0 radical (unpaired) electrons. The molecule has 1 amide bonds. The summed E-state index contributed by atoms with van der Waals surface area (Å²) in [6, 6.07) is 9.42. The summed E-state index contributed by atoms with van der Waals surface area (Å²) >= 11 is 0.